The summed E-state index contributed by atoms with van der Waals surface area (Å²) < 4.78 is 12.8. The van der Waals surface area contributed by atoms with Crippen LogP contribution in [0.5, 0.6) is 11.5 Å². The zero-order valence-corrected chi connectivity index (χ0v) is 16.4. The maximum atomic E-state index is 5.74. The lowest BCUT2D eigenvalue weighted by molar-refractivity contribution is 0.230. The molecular formula is C20H22N4O2S. The highest BCUT2D eigenvalue weighted by molar-refractivity contribution is 7.98. The summed E-state index contributed by atoms with van der Waals surface area (Å²) in [6, 6.07) is 15.9. The second kappa shape index (κ2) is 9.23. The summed E-state index contributed by atoms with van der Waals surface area (Å²) >= 11 is 1.59. The lowest BCUT2D eigenvalue weighted by atomic mass is 10.2. The predicted molar refractivity (Wildman–Crippen MR) is 108 cm³/mol. The molecule has 0 unspecified atom stereocenters. The van der Waals surface area contributed by atoms with Crippen LogP contribution in [0.15, 0.2) is 65.1 Å². The summed E-state index contributed by atoms with van der Waals surface area (Å²) in [6.45, 7) is 3.96. The predicted octanol–water partition coefficient (Wildman–Crippen LogP) is 4.25. The molecule has 0 aliphatic heterocycles. The van der Waals surface area contributed by atoms with Crippen molar-refractivity contribution in [2.75, 3.05) is 7.11 Å². The Morgan fingerprint density at radius 2 is 1.96 bits per heavy atom. The van der Waals surface area contributed by atoms with Gasteiger partial charge in [-0.15, -0.1) is 10.2 Å². The molecular weight excluding hydrogens is 360 g/mol. The van der Waals surface area contributed by atoms with Gasteiger partial charge in [-0.2, -0.15) is 9.78 Å². The van der Waals surface area contributed by atoms with E-state index in [2.05, 4.69) is 27.4 Å². The highest BCUT2D eigenvalue weighted by Gasteiger charge is 2.08. The molecule has 0 atom stereocenters. The van der Waals surface area contributed by atoms with Crippen LogP contribution < -0.4 is 9.47 Å². The van der Waals surface area contributed by atoms with Crippen molar-refractivity contribution in [3.63, 3.8) is 0 Å². The van der Waals surface area contributed by atoms with Crippen molar-refractivity contribution in [3.05, 3.63) is 66.0 Å². The van der Waals surface area contributed by atoms with E-state index < -0.39 is 0 Å². The molecule has 0 radical (unpaired) electrons. The second-order valence-electron chi connectivity index (χ2n) is 6.05. The van der Waals surface area contributed by atoms with Gasteiger partial charge in [-0.05, 0) is 43.2 Å². The monoisotopic (exact) mass is 382 g/mol. The number of ether oxygens (including phenoxy) is 2. The lowest BCUT2D eigenvalue weighted by Gasteiger charge is -2.13. The smallest absolute Gasteiger partial charge is 0.212 e. The van der Waals surface area contributed by atoms with Crippen LogP contribution in [0.2, 0.25) is 0 Å². The van der Waals surface area contributed by atoms with Crippen molar-refractivity contribution in [2.24, 2.45) is 5.10 Å². The molecule has 1 aromatic heterocycles. The van der Waals surface area contributed by atoms with E-state index in [1.54, 1.807) is 36.1 Å². The van der Waals surface area contributed by atoms with Gasteiger partial charge in [0.05, 0.1) is 19.4 Å². The molecule has 0 N–H and O–H groups in total. The number of methoxy groups -OCH3 is 1. The van der Waals surface area contributed by atoms with Crippen LogP contribution in [0.3, 0.4) is 0 Å². The molecule has 0 spiro atoms. The molecule has 0 amide bonds. The molecule has 140 valence electrons. The highest BCUT2D eigenvalue weighted by atomic mass is 32.2. The summed E-state index contributed by atoms with van der Waals surface area (Å²) in [5.41, 5.74) is 2.13. The first-order valence-corrected chi connectivity index (χ1v) is 9.60. The Balaban J connectivity index is 1.70. The SMILES string of the molecule is COc1cc(C=Nn2cnnc2SCc2ccccc2)ccc1OC(C)C. The number of hydrogen-bond acceptors (Lipinski definition) is 6. The Hall–Kier alpha value is -2.80. The first-order chi connectivity index (χ1) is 13.2. The first-order valence-electron chi connectivity index (χ1n) is 8.61. The largest absolute Gasteiger partial charge is 0.493 e. The third-order valence-corrected chi connectivity index (χ3v) is 4.60. The number of benzene rings is 2. The number of rotatable bonds is 8. The standard InChI is InChI=1S/C20H22N4O2S/c1-15(2)26-18-10-9-17(11-19(18)25-3)12-22-24-14-21-23-20(24)27-13-16-7-5-4-6-8-16/h4-12,14-15H,13H2,1-3H3. The minimum Gasteiger partial charge on any atom is -0.493 e. The van der Waals surface area contributed by atoms with Crippen LogP contribution in [-0.2, 0) is 5.75 Å². The summed E-state index contributed by atoms with van der Waals surface area (Å²) in [4.78, 5) is 0. The van der Waals surface area contributed by atoms with E-state index in [0.29, 0.717) is 11.5 Å². The summed E-state index contributed by atoms with van der Waals surface area (Å²) in [6.07, 6.45) is 3.43. The third kappa shape index (κ3) is 5.34. The normalized spacial score (nSPS) is 11.3. The molecule has 1 heterocycles. The van der Waals surface area contributed by atoms with E-state index in [0.717, 1.165) is 16.5 Å². The fourth-order valence-electron chi connectivity index (χ4n) is 2.36. The van der Waals surface area contributed by atoms with Crippen molar-refractivity contribution in [2.45, 2.75) is 30.9 Å². The molecule has 3 aromatic rings. The van der Waals surface area contributed by atoms with Crippen molar-refractivity contribution >= 4 is 18.0 Å². The van der Waals surface area contributed by atoms with Gasteiger partial charge in [0.25, 0.3) is 0 Å². The van der Waals surface area contributed by atoms with Crippen molar-refractivity contribution < 1.29 is 9.47 Å². The van der Waals surface area contributed by atoms with Crippen LogP contribution in [-0.4, -0.2) is 34.3 Å². The average molecular weight is 382 g/mol. The van der Waals surface area contributed by atoms with Gasteiger partial charge in [0, 0.05) is 5.75 Å². The highest BCUT2D eigenvalue weighted by Crippen LogP contribution is 2.28. The molecule has 0 bridgehead atoms. The second-order valence-corrected chi connectivity index (χ2v) is 7.00. The number of nitrogens with zero attached hydrogens (tertiary/aromatic N) is 4. The van der Waals surface area contributed by atoms with Crippen molar-refractivity contribution in [1.82, 2.24) is 14.9 Å². The molecule has 6 nitrogen and oxygen atoms in total. The van der Waals surface area contributed by atoms with Gasteiger partial charge in [-0.3, -0.25) is 0 Å². The Bertz CT molecular complexity index is 894. The van der Waals surface area contributed by atoms with E-state index in [1.165, 1.54) is 5.56 Å². The first kappa shape index (κ1) is 19.0. The van der Waals surface area contributed by atoms with Crippen LogP contribution >= 0.6 is 11.8 Å². The molecule has 0 fully saturated rings. The topological polar surface area (TPSA) is 61.5 Å². The number of hydrogen-bond donors (Lipinski definition) is 0. The zero-order valence-electron chi connectivity index (χ0n) is 15.6. The Labute approximate surface area is 163 Å². The maximum Gasteiger partial charge on any atom is 0.212 e. The third-order valence-electron chi connectivity index (χ3n) is 3.59. The Kier molecular flexibility index (Phi) is 6.49. The quantitative estimate of drug-likeness (QED) is 0.431. The van der Waals surface area contributed by atoms with Crippen LogP contribution in [0.25, 0.3) is 0 Å². The van der Waals surface area contributed by atoms with Crippen LogP contribution in [0, 0.1) is 0 Å². The van der Waals surface area contributed by atoms with Crippen molar-refractivity contribution in [3.8, 4) is 11.5 Å². The molecule has 27 heavy (non-hydrogen) atoms. The van der Waals surface area contributed by atoms with E-state index in [9.17, 15) is 0 Å². The molecule has 0 aliphatic carbocycles. The van der Waals surface area contributed by atoms with Gasteiger partial charge in [0.15, 0.2) is 11.5 Å². The van der Waals surface area contributed by atoms with Gasteiger partial charge in [0.2, 0.25) is 5.16 Å². The minimum atomic E-state index is 0.0830. The number of thioether (sulfide) groups is 1. The minimum absolute atomic E-state index is 0.0830. The van der Waals surface area contributed by atoms with Gasteiger partial charge < -0.3 is 9.47 Å². The Morgan fingerprint density at radius 1 is 1.15 bits per heavy atom. The molecule has 0 saturated heterocycles. The Morgan fingerprint density at radius 3 is 2.70 bits per heavy atom. The molecule has 0 aliphatic rings. The number of aromatic nitrogens is 3. The zero-order chi connectivity index (χ0) is 19.1. The van der Waals surface area contributed by atoms with Gasteiger partial charge >= 0.3 is 0 Å². The average Bonchev–Trinajstić information content (AvgIpc) is 3.13. The van der Waals surface area contributed by atoms with E-state index in [4.69, 9.17) is 9.47 Å². The summed E-state index contributed by atoms with van der Waals surface area (Å²) in [5, 5.41) is 13.3. The van der Waals surface area contributed by atoms with Crippen LogP contribution in [0.4, 0.5) is 0 Å². The van der Waals surface area contributed by atoms with E-state index >= 15 is 0 Å². The van der Waals surface area contributed by atoms with Crippen LogP contribution in [0.1, 0.15) is 25.0 Å². The molecule has 2 aromatic carbocycles. The van der Waals surface area contributed by atoms with Gasteiger partial charge in [0.1, 0.15) is 6.33 Å². The lowest BCUT2D eigenvalue weighted by Crippen LogP contribution is -2.06. The summed E-state index contributed by atoms with van der Waals surface area (Å²) in [5.74, 6) is 2.20. The molecule has 3 rings (SSSR count). The van der Waals surface area contributed by atoms with Gasteiger partial charge in [-0.25, -0.2) is 0 Å². The molecule has 0 saturated carbocycles. The maximum absolute atomic E-state index is 5.74. The van der Waals surface area contributed by atoms with Crippen molar-refractivity contribution in [1.29, 1.82) is 0 Å². The van der Waals surface area contributed by atoms with Gasteiger partial charge in [-0.1, -0.05) is 42.1 Å². The summed E-state index contributed by atoms with van der Waals surface area (Å²) in [7, 11) is 1.63. The fourth-order valence-corrected chi connectivity index (χ4v) is 3.18. The van der Waals surface area contributed by atoms with E-state index in [1.807, 2.05) is 50.2 Å². The fraction of sp³-hybridized carbons (Fsp3) is 0.250. The van der Waals surface area contributed by atoms with E-state index in [-0.39, 0.29) is 6.10 Å². The molecule has 7 heteroatoms.